The van der Waals surface area contributed by atoms with Gasteiger partial charge in [-0.25, -0.2) is 4.79 Å². The van der Waals surface area contributed by atoms with Crippen molar-refractivity contribution in [3.8, 4) is 0 Å². The number of ether oxygens (including phenoxy) is 1. The molecule has 0 aromatic heterocycles. The third kappa shape index (κ3) is 28.7. The van der Waals surface area contributed by atoms with Crippen LogP contribution in [0.1, 0.15) is 239 Å². The summed E-state index contributed by atoms with van der Waals surface area (Å²) in [4.78, 5) is 114. The third-order valence-corrected chi connectivity index (χ3v) is 25.7. The van der Waals surface area contributed by atoms with Crippen LogP contribution in [0.5, 0.6) is 0 Å². The molecule has 1 amide bonds. The molecular weight excluding hydrogens is 1820 g/mol. The number of Topliss-reactive ketones (excluding diaryl/α,β-unsaturated/α-hetero) is 5. The van der Waals surface area contributed by atoms with Crippen LogP contribution in [-0.2, 0) is 38.5 Å². The number of carbonyl (C=O) groups excluding carboxylic acids is 7. The number of non-ortho nitro benzene ring substituents is 3. The zero-order valence-corrected chi connectivity index (χ0v) is 78.2. The number of nitro benzene ring substituents is 3. The molecular formula is C102H100Cl8N6O14. The van der Waals surface area contributed by atoms with E-state index in [2.05, 4.69) is 29.6 Å². The number of benzene rings is 11. The van der Waals surface area contributed by atoms with Crippen molar-refractivity contribution >= 4 is 157 Å². The lowest BCUT2D eigenvalue weighted by Gasteiger charge is -2.43. The average Bonchev–Trinajstić information content (AvgIpc) is 0.785. The van der Waals surface area contributed by atoms with Gasteiger partial charge in [0.25, 0.3) is 22.3 Å². The molecule has 0 saturated heterocycles. The third-order valence-electron chi connectivity index (χ3n) is 24.0. The second-order valence-corrected chi connectivity index (χ2v) is 36.9. The molecule has 5 fully saturated rings. The number of nitrogens with zero attached hydrogens (tertiary/aromatic N) is 3. The minimum atomic E-state index is -0.551. The first-order valence-electron chi connectivity index (χ1n) is 42.2. The van der Waals surface area contributed by atoms with Gasteiger partial charge < -0.3 is 21.5 Å². The number of amides is 1. The van der Waals surface area contributed by atoms with E-state index in [1.807, 2.05) is 45.0 Å². The molecule has 28 heteroatoms. The predicted octanol–water partition coefficient (Wildman–Crippen LogP) is 27.8. The molecule has 5 aliphatic carbocycles. The van der Waals surface area contributed by atoms with Gasteiger partial charge in [-0.1, -0.05) is 168 Å². The molecule has 5 saturated carbocycles. The van der Waals surface area contributed by atoms with Crippen molar-refractivity contribution in [2.24, 2.45) is 5.73 Å². The van der Waals surface area contributed by atoms with Crippen LogP contribution in [-0.4, -0.2) is 60.6 Å². The molecule has 5 aliphatic rings. The summed E-state index contributed by atoms with van der Waals surface area (Å²) < 4.78 is 5.29. The number of carbonyl (C=O) groups is 7. The number of ketones is 5. The van der Waals surface area contributed by atoms with Crippen LogP contribution in [0.3, 0.4) is 0 Å². The van der Waals surface area contributed by atoms with Crippen molar-refractivity contribution in [2.45, 2.75) is 183 Å². The second kappa shape index (κ2) is 46.7. The SMILES string of the molecule is CC(=O)c1ccc(Cl)cc1.CC(C)(C)OC(=O)NC1(c2ccc([N+](=O)[O-])cc2)CCC1.Cl.NC1(c2ccc([N+](=O)[O-])cc2)CCC1.Nc1ccc(C2(CC(=O)c3ccc(Cl)cc3)CCC2)cc1.O=C(CC1(c2ccc([N+](=O)[O-])cc2)CCC1)c1ccc(Cl)cc1.O=C(Cc1ccc(C2(CC(=O)c3ccc(Cl)cc3)CCC2)cc1)c1cccc(Cl)c1.O=C(Cl)c1cccc(Cl)c1. The van der Waals surface area contributed by atoms with Gasteiger partial charge >= 0.3 is 6.09 Å². The fourth-order valence-electron chi connectivity index (χ4n) is 15.8. The van der Waals surface area contributed by atoms with E-state index in [4.69, 9.17) is 97.4 Å². The molecule has 20 nitrogen and oxygen atoms in total. The molecule has 11 aromatic carbocycles. The number of anilines is 1. The molecule has 678 valence electrons. The van der Waals surface area contributed by atoms with Gasteiger partial charge in [0, 0.05) is 153 Å². The fraction of sp³-hybridized carbons (Fsp3) is 0.284. The Balaban J connectivity index is 0.000000176. The summed E-state index contributed by atoms with van der Waals surface area (Å²) in [6.45, 7) is 6.97. The van der Waals surface area contributed by atoms with E-state index in [1.165, 1.54) is 66.9 Å². The monoisotopic (exact) mass is 1910 g/mol. The standard InChI is InChI=1S/C26H22Cl2O2.C18H16ClNO3.C18H18ClNO.C15H20N2O4.C10H12N2O2.C8H7ClO.C7H4Cl2O.ClH/c27-22-11-7-19(8-12-22)25(30)17-26(13-2-14-26)21-9-5-18(6-10-21)15-24(29)20-3-1-4-23(28)16-20;19-15-6-2-13(3-7-15)17(21)12-18(10-1-11-18)14-4-8-16(9-5-14)20(22)23;19-15-6-2-13(3-7-15)17(21)12-18(10-1-11-18)14-4-8-16(20)9-5-14;1-14(2,3)21-13(18)16-15(9-4-10-15)11-5-7-12(8-6-11)17(19)20;11-10(6-1-7-10)8-2-4-9(5-3-8)12(13)14;1-6(10)7-2-4-8(9)5-3-7;8-6-3-1-2-5(4-6)7(9)10;/h1,3-12,16H,2,13-15,17H2;2-9H,1,10-12H2;2-9H,1,10-12,20H2;5-8H,4,9-10H2,1-3H3,(H,16,18);2-5H,1,6-7,11H2;2-5H,1H3;1-4H;1H. The van der Waals surface area contributed by atoms with E-state index >= 15 is 0 Å². The normalized spacial score (nSPS) is 15.0. The van der Waals surface area contributed by atoms with E-state index in [9.17, 15) is 63.9 Å². The van der Waals surface area contributed by atoms with Gasteiger partial charge in [-0.2, -0.15) is 0 Å². The van der Waals surface area contributed by atoms with Crippen LogP contribution in [0.15, 0.2) is 267 Å². The number of hydrogen-bond acceptors (Lipinski definition) is 16. The quantitative estimate of drug-likeness (QED) is 0.0176. The Morgan fingerprint density at radius 3 is 0.969 bits per heavy atom. The number of rotatable bonds is 23. The zero-order chi connectivity index (χ0) is 93.4. The van der Waals surface area contributed by atoms with Gasteiger partial charge in [-0.05, 0) is 301 Å². The molecule has 0 heterocycles. The number of alkyl carbamates (subject to hydrolysis) is 1. The maximum absolute atomic E-state index is 12.8. The Hall–Kier alpha value is -11.0. The molecule has 11 aromatic rings. The van der Waals surface area contributed by atoms with E-state index in [0.29, 0.717) is 83.6 Å². The fourth-order valence-corrected chi connectivity index (χ4v) is 16.8. The summed E-state index contributed by atoms with van der Waals surface area (Å²) in [5, 5.41) is 38.0. The van der Waals surface area contributed by atoms with Crippen LogP contribution in [0, 0.1) is 30.3 Å². The van der Waals surface area contributed by atoms with Crippen LogP contribution in [0.25, 0.3) is 0 Å². The molecule has 5 N–H and O–H groups in total. The van der Waals surface area contributed by atoms with Gasteiger partial charge in [0.05, 0.1) is 20.3 Å². The Morgan fingerprint density at radius 2 is 0.685 bits per heavy atom. The first kappa shape index (κ1) is 103. The molecule has 0 aliphatic heterocycles. The first-order chi connectivity index (χ1) is 61.3. The molecule has 0 atom stereocenters. The number of nitro groups is 3. The van der Waals surface area contributed by atoms with Crippen LogP contribution < -0.4 is 16.8 Å². The number of hydrogen-bond donors (Lipinski definition) is 3. The lowest BCUT2D eigenvalue weighted by atomic mass is 9.61. The minimum absolute atomic E-state index is 0. The Morgan fingerprint density at radius 1 is 0.377 bits per heavy atom. The minimum Gasteiger partial charge on any atom is -0.444 e. The van der Waals surface area contributed by atoms with Gasteiger partial charge in [-0.3, -0.25) is 59.1 Å². The lowest BCUT2D eigenvalue weighted by Crippen LogP contribution is -2.52. The van der Waals surface area contributed by atoms with Crippen molar-refractivity contribution < 1.29 is 53.1 Å². The predicted molar refractivity (Wildman–Crippen MR) is 519 cm³/mol. The summed E-state index contributed by atoms with van der Waals surface area (Å²) in [6, 6.07) is 77.2. The highest BCUT2D eigenvalue weighted by Crippen LogP contribution is 2.51. The summed E-state index contributed by atoms with van der Waals surface area (Å²) >= 11 is 40.0. The number of halogens is 8. The summed E-state index contributed by atoms with van der Waals surface area (Å²) in [5.41, 5.74) is 21.4. The summed E-state index contributed by atoms with van der Waals surface area (Å²) in [7, 11) is 0. The van der Waals surface area contributed by atoms with Crippen LogP contribution in [0.4, 0.5) is 27.5 Å². The van der Waals surface area contributed by atoms with E-state index < -0.39 is 37.2 Å². The highest BCUT2D eigenvalue weighted by molar-refractivity contribution is 6.67. The molecule has 16 rings (SSSR count). The van der Waals surface area contributed by atoms with Crippen LogP contribution in [0.2, 0.25) is 30.1 Å². The maximum Gasteiger partial charge on any atom is 0.408 e. The molecule has 0 unspecified atom stereocenters. The van der Waals surface area contributed by atoms with Crippen molar-refractivity contribution in [3.05, 3.63) is 394 Å². The van der Waals surface area contributed by atoms with Gasteiger partial charge in [-0.15, -0.1) is 12.4 Å². The molecule has 0 bridgehead atoms. The van der Waals surface area contributed by atoms with Crippen molar-refractivity contribution in [1.82, 2.24) is 5.32 Å². The number of nitrogens with one attached hydrogen (secondary N) is 1. The lowest BCUT2D eigenvalue weighted by molar-refractivity contribution is -0.385. The second-order valence-electron chi connectivity index (χ2n) is 34.0. The van der Waals surface area contributed by atoms with Gasteiger partial charge in [0.2, 0.25) is 0 Å². The molecule has 0 radical (unpaired) electrons. The number of nitrogens with two attached hydrogens (primary N) is 2. The Kier molecular flexibility index (Phi) is 36.9. The smallest absolute Gasteiger partial charge is 0.408 e. The van der Waals surface area contributed by atoms with Crippen molar-refractivity contribution in [2.75, 3.05) is 5.73 Å². The average molecular weight is 1920 g/mol. The van der Waals surface area contributed by atoms with Gasteiger partial charge in [0.15, 0.2) is 28.9 Å². The topological polar surface area (TPSA) is 322 Å². The van der Waals surface area contributed by atoms with E-state index in [-0.39, 0.29) is 80.2 Å². The first-order valence-corrected chi connectivity index (χ1v) is 44.8. The zero-order valence-electron chi connectivity index (χ0n) is 72.1. The van der Waals surface area contributed by atoms with Crippen molar-refractivity contribution in [3.63, 3.8) is 0 Å². The number of nitrogen functional groups attached to an aromatic ring is 1. The Labute approximate surface area is 797 Å². The summed E-state index contributed by atoms with van der Waals surface area (Å²) in [6.07, 6.45) is 16.5. The van der Waals surface area contributed by atoms with Gasteiger partial charge in [0.1, 0.15) is 5.60 Å². The van der Waals surface area contributed by atoms with E-state index in [0.717, 1.165) is 123 Å². The molecule has 130 heavy (non-hydrogen) atoms. The highest BCUT2D eigenvalue weighted by atomic mass is 35.5. The molecule has 0 spiro atoms. The largest absolute Gasteiger partial charge is 0.444 e. The Bertz CT molecular complexity index is 5770. The summed E-state index contributed by atoms with van der Waals surface area (Å²) in [5.74, 6) is 0.521. The van der Waals surface area contributed by atoms with Crippen molar-refractivity contribution in [1.29, 1.82) is 0 Å². The van der Waals surface area contributed by atoms with E-state index in [1.54, 1.807) is 176 Å². The maximum atomic E-state index is 12.8. The highest BCUT2D eigenvalue weighted by Gasteiger charge is 2.45. The van der Waals surface area contributed by atoms with Crippen LogP contribution >= 0.6 is 93.6 Å².